The van der Waals surface area contributed by atoms with Gasteiger partial charge in [-0.1, -0.05) is 30.3 Å². The lowest BCUT2D eigenvalue weighted by Crippen LogP contribution is -2.53. The number of nitrogens with one attached hydrogen (secondary N) is 1. The van der Waals surface area contributed by atoms with Crippen LogP contribution in [0.4, 0.5) is 5.95 Å². The average molecular weight is 381 g/mol. The van der Waals surface area contributed by atoms with Gasteiger partial charge in [0.25, 0.3) is 5.91 Å². The molecule has 2 amide bonds. The third kappa shape index (κ3) is 3.96. The Morgan fingerprint density at radius 3 is 2.61 bits per heavy atom. The van der Waals surface area contributed by atoms with E-state index < -0.39 is 12.1 Å². The molecule has 1 aromatic carbocycles. The molecule has 8 heteroatoms. The van der Waals surface area contributed by atoms with Gasteiger partial charge in [0.15, 0.2) is 6.10 Å². The highest BCUT2D eigenvalue weighted by molar-refractivity contribution is 5.86. The number of aromatic nitrogens is 2. The Balaban J connectivity index is 1.47. The van der Waals surface area contributed by atoms with Gasteiger partial charge in [0.05, 0.1) is 6.04 Å². The van der Waals surface area contributed by atoms with Crippen LogP contribution in [0, 0.1) is 0 Å². The van der Waals surface area contributed by atoms with E-state index in [-0.39, 0.29) is 18.4 Å². The predicted octanol–water partition coefficient (Wildman–Crippen LogP) is 0.772. The van der Waals surface area contributed by atoms with Crippen LogP contribution in [0.15, 0.2) is 48.8 Å². The summed E-state index contributed by atoms with van der Waals surface area (Å²) in [7, 11) is 0. The summed E-state index contributed by atoms with van der Waals surface area (Å²) in [5, 5.41) is 2.91. The van der Waals surface area contributed by atoms with Crippen LogP contribution in [0.25, 0.3) is 0 Å². The second-order valence-corrected chi connectivity index (χ2v) is 6.90. The number of ether oxygens (including phenoxy) is 1. The second-order valence-electron chi connectivity index (χ2n) is 6.90. The molecule has 2 saturated heterocycles. The monoisotopic (exact) mass is 381 g/mol. The minimum Gasteiger partial charge on any atom is -0.356 e. The maximum atomic E-state index is 13.2. The number of hydrogen-bond acceptors (Lipinski definition) is 6. The van der Waals surface area contributed by atoms with Crippen LogP contribution in [0.3, 0.4) is 0 Å². The zero-order valence-corrected chi connectivity index (χ0v) is 15.5. The first-order valence-corrected chi connectivity index (χ1v) is 9.49. The van der Waals surface area contributed by atoms with Crippen molar-refractivity contribution in [3.05, 3.63) is 54.4 Å². The van der Waals surface area contributed by atoms with E-state index in [4.69, 9.17) is 4.74 Å². The Kier molecular flexibility index (Phi) is 5.48. The Morgan fingerprint density at radius 1 is 1.04 bits per heavy atom. The van der Waals surface area contributed by atoms with E-state index in [1.165, 1.54) is 0 Å². The summed E-state index contributed by atoms with van der Waals surface area (Å²) in [6.07, 6.45) is 3.54. The number of hydrogen-bond donors (Lipinski definition) is 1. The van der Waals surface area contributed by atoms with E-state index >= 15 is 0 Å². The number of nitrogens with zero attached hydrogens (tertiary/aromatic N) is 4. The van der Waals surface area contributed by atoms with Gasteiger partial charge in [-0.25, -0.2) is 9.97 Å². The topological polar surface area (TPSA) is 87.7 Å². The van der Waals surface area contributed by atoms with Crippen LogP contribution in [0.5, 0.6) is 0 Å². The Bertz CT molecular complexity index is 817. The van der Waals surface area contributed by atoms with Crippen molar-refractivity contribution >= 4 is 17.8 Å². The molecule has 2 fully saturated rings. The molecule has 3 heterocycles. The third-order valence-electron chi connectivity index (χ3n) is 5.06. The predicted molar refractivity (Wildman–Crippen MR) is 103 cm³/mol. The summed E-state index contributed by atoms with van der Waals surface area (Å²) < 4.78 is 5.68. The van der Waals surface area contributed by atoms with Gasteiger partial charge in [-0.2, -0.15) is 0 Å². The molecule has 0 saturated carbocycles. The van der Waals surface area contributed by atoms with Gasteiger partial charge in [-0.05, 0) is 18.1 Å². The second kappa shape index (κ2) is 8.35. The first-order chi connectivity index (χ1) is 13.7. The largest absolute Gasteiger partial charge is 0.356 e. The molecule has 2 atom stereocenters. The number of morpholine rings is 1. The summed E-state index contributed by atoms with van der Waals surface area (Å²) in [6, 6.07) is 10.8. The van der Waals surface area contributed by atoms with Crippen LogP contribution in [0.1, 0.15) is 18.0 Å². The van der Waals surface area contributed by atoms with Gasteiger partial charge in [0.1, 0.15) is 6.61 Å². The molecule has 8 nitrogen and oxygen atoms in total. The van der Waals surface area contributed by atoms with E-state index in [1.807, 2.05) is 35.2 Å². The molecule has 4 rings (SSSR count). The van der Waals surface area contributed by atoms with Crippen LogP contribution in [0.2, 0.25) is 0 Å². The highest BCUT2D eigenvalue weighted by Crippen LogP contribution is 2.24. The molecule has 2 aromatic rings. The van der Waals surface area contributed by atoms with Crippen molar-refractivity contribution in [2.45, 2.75) is 18.6 Å². The molecular weight excluding hydrogens is 358 g/mol. The molecule has 0 spiro atoms. The van der Waals surface area contributed by atoms with E-state index in [1.54, 1.807) is 18.5 Å². The molecule has 1 aromatic heterocycles. The van der Waals surface area contributed by atoms with Gasteiger partial charge in [0.2, 0.25) is 11.9 Å². The SMILES string of the molecule is O=C1CO[C@H](C(=O)N2CCCN(c3ncccn3)CC2)[C@@H](c2ccccc2)N1. The fraction of sp³-hybridized carbons (Fsp3) is 0.400. The summed E-state index contributed by atoms with van der Waals surface area (Å²) in [5.74, 6) is 0.381. The zero-order valence-electron chi connectivity index (χ0n) is 15.5. The number of rotatable bonds is 3. The lowest BCUT2D eigenvalue weighted by molar-refractivity contribution is -0.155. The lowest BCUT2D eigenvalue weighted by atomic mass is 9.98. The van der Waals surface area contributed by atoms with Gasteiger partial charge in [-0.15, -0.1) is 0 Å². The lowest BCUT2D eigenvalue weighted by Gasteiger charge is -2.35. The maximum absolute atomic E-state index is 13.2. The quantitative estimate of drug-likeness (QED) is 0.845. The standard InChI is InChI=1S/C20H23N5O3/c26-16-14-28-18(17(23-16)15-6-2-1-3-7-15)19(27)24-10-5-11-25(13-12-24)20-21-8-4-9-22-20/h1-4,6-9,17-18H,5,10-14H2,(H,23,26)/t17-,18+/m1/s1. The number of carbonyl (C=O) groups is 2. The van der Waals surface area contributed by atoms with Crippen molar-refractivity contribution in [1.82, 2.24) is 20.2 Å². The molecule has 2 aliphatic heterocycles. The summed E-state index contributed by atoms with van der Waals surface area (Å²) >= 11 is 0. The maximum Gasteiger partial charge on any atom is 0.254 e. The smallest absolute Gasteiger partial charge is 0.254 e. The highest BCUT2D eigenvalue weighted by atomic mass is 16.5. The number of anilines is 1. The van der Waals surface area contributed by atoms with Crippen molar-refractivity contribution in [1.29, 1.82) is 0 Å². The van der Waals surface area contributed by atoms with Gasteiger partial charge in [0, 0.05) is 38.6 Å². The molecule has 0 aliphatic carbocycles. The molecule has 28 heavy (non-hydrogen) atoms. The number of benzene rings is 1. The molecule has 146 valence electrons. The van der Waals surface area contributed by atoms with Gasteiger partial charge >= 0.3 is 0 Å². The Labute approximate surface area is 163 Å². The van der Waals surface area contributed by atoms with E-state index in [0.29, 0.717) is 25.6 Å². The number of carbonyl (C=O) groups excluding carboxylic acids is 2. The molecular formula is C20H23N5O3. The molecule has 2 aliphatic rings. The van der Waals surface area contributed by atoms with Crippen molar-refractivity contribution in [3.8, 4) is 0 Å². The van der Waals surface area contributed by atoms with Crippen molar-refractivity contribution < 1.29 is 14.3 Å². The molecule has 1 N–H and O–H groups in total. The van der Waals surface area contributed by atoms with E-state index in [2.05, 4.69) is 20.2 Å². The molecule has 0 unspecified atom stereocenters. The molecule has 0 bridgehead atoms. The van der Waals surface area contributed by atoms with Crippen LogP contribution in [-0.4, -0.2) is 65.6 Å². The van der Waals surface area contributed by atoms with Crippen LogP contribution >= 0.6 is 0 Å². The average Bonchev–Trinajstić information content (AvgIpc) is 3.01. The van der Waals surface area contributed by atoms with E-state index in [0.717, 1.165) is 18.5 Å². The Hall–Kier alpha value is -3.00. The minimum absolute atomic E-state index is 0.0929. The van der Waals surface area contributed by atoms with Crippen LogP contribution < -0.4 is 10.2 Å². The summed E-state index contributed by atoms with van der Waals surface area (Å²) in [4.78, 5) is 37.6. The fourth-order valence-corrected chi connectivity index (χ4v) is 3.66. The molecule has 0 radical (unpaired) electrons. The van der Waals surface area contributed by atoms with Gasteiger partial charge < -0.3 is 19.9 Å². The fourth-order valence-electron chi connectivity index (χ4n) is 3.66. The Morgan fingerprint density at radius 2 is 1.82 bits per heavy atom. The highest BCUT2D eigenvalue weighted by Gasteiger charge is 2.38. The van der Waals surface area contributed by atoms with E-state index in [9.17, 15) is 9.59 Å². The minimum atomic E-state index is -0.723. The van der Waals surface area contributed by atoms with Crippen molar-refractivity contribution in [2.24, 2.45) is 0 Å². The van der Waals surface area contributed by atoms with Gasteiger partial charge in [-0.3, -0.25) is 9.59 Å². The van der Waals surface area contributed by atoms with Crippen molar-refractivity contribution in [2.75, 3.05) is 37.7 Å². The summed E-state index contributed by atoms with van der Waals surface area (Å²) in [5.41, 5.74) is 0.864. The third-order valence-corrected chi connectivity index (χ3v) is 5.06. The first-order valence-electron chi connectivity index (χ1n) is 9.49. The summed E-state index contributed by atoms with van der Waals surface area (Å²) in [6.45, 7) is 2.55. The zero-order chi connectivity index (χ0) is 19.3. The van der Waals surface area contributed by atoms with Crippen molar-refractivity contribution in [3.63, 3.8) is 0 Å². The number of amides is 2. The van der Waals surface area contributed by atoms with Crippen LogP contribution in [-0.2, 0) is 14.3 Å². The normalized spacial score (nSPS) is 23.1. The first kappa shape index (κ1) is 18.4.